The zero-order chi connectivity index (χ0) is 21.8. The van der Waals surface area contributed by atoms with Crippen LogP contribution in [0.3, 0.4) is 0 Å². The lowest BCUT2D eigenvalue weighted by atomic mass is 9.90. The van der Waals surface area contributed by atoms with Crippen molar-refractivity contribution in [1.29, 1.82) is 0 Å². The maximum Gasteiger partial charge on any atom is 0.307 e. The first-order valence-corrected chi connectivity index (χ1v) is 10.8. The van der Waals surface area contributed by atoms with Crippen molar-refractivity contribution in [2.45, 2.75) is 25.4 Å². The monoisotopic (exact) mass is 440 g/mol. The van der Waals surface area contributed by atoms with Gasteiger partial charge in [0, 0.05) is 36.9 Å². The van der Waals surface area contributed by atoms with E-state index in [1.54, 1.807) is 32.7 Å². The summed E-state index contributed by atoms with van der Waals surface area (Å²) in [4.78, 5) is 27.7. The molecule has 0 N–H and O–H groups in total. The molecular weight excluding hydrogens is 416 g/mol. The molecule has 8 nitrogen and oxygen atoms in total. The maximum absolute atomic E-state index is 12.2. The number of carbonyl (C=O) groups is 1. The summed E-state index contributed by atoms with van der Waals surface area (Å²) in [5.74, 6) is 1.70. The number of carbonyl (C=O) groups excluding carboxylic acids is 1. The van der Waals surface area contributed by atoms with Crippen LogP contribution in [0, 0.1) is 0 Å². The van der Waals surface area contributed by atoms with Crippen LogP contribution >= 0.6 is 11.3 Å². The van der Waals surface area contributed by atoms with Crippen molar-refractivity contribution >= 4 is 17.3 Å². The predicted octanol–water partition coefficient (Wildman–Crippen LogP) is 3.28. The lowest BCUT2D eigenvalue weighted by molar-refractivity contribution is -0.142. The topological polar surface area (TPSA) is 86.7 Å². The van der Waals surface area contributed by atoms with E-state index in [9.17, 15) is 4.79 Å². The minimum absolute atomic E-state index is 0.144. The standard InChI is InChI=1S/C22H24N4O4S/c1-28-18-9-14-5-8-26(17(11-20(27)30-3)16(14)10-19(18)29-2)12-15-13-31-22(25-15)21-23-6-4-7-24-21/h4,6-7,9-10,13,17H,5,8,11-12H2,1-3H3. The van der Waals surface area contributed by atoms with Gasteiger partial charge in [0.05, 0.1) is 33.4 Å². The quantitative estimate of drug-likeness (QED) is 0.518. The van der Waals surface area contributed by atoms with Crippen molar-refractivity contribution in [3.05, 3.63) is 52.8 Å². The smallest absolute Gasteiger partial charge is 0.307 e. The first-order chi connectivity index (χ1) is 15.1. The van der Waals surface area contributed by atoms with Gasteiger partial charge in [-0.05, 0) is 35.7 Å². The highest BCUT2D eigenvalue weighted by Crippen LogP contribution is 2.40. The molecule has 0 aliphatic carbocycles. The number of benzene rings is 1. The Morgan fingerprint density at radius 2 is 1.90 bits per heavy atom. The molecule has 1 aliphatic rings. The lowest BCUT2D eigenvalue weighted by Gasteiger charge is -2.37. The first kappa shape index (κ1) is 21.2. The Morgan fingerprint density at radius 1 is 1.16 bits per heavy atom. The summed E-state index contributed by atoms with van der Waals surface area (Å²) >= 11 is 1.52. The summed E-state index contributed by atoms with van der Waals surface area (Å²) in [6, 6.07) is 5.61. The highest BCUT2D eigenvalue weighted by Gasteiger charge is 2.31. The van der Waals surface area contributed by atoms with Crippen LogP contribution in [0.2, 0.25) is 0 Å². The van der Waals surface area contributed by atoms with Gasteiger partial charge in [0.25, 0.3) is 0 Å². The molecule has 9 heteroatoms. The molecule has 1 aliphatic heterocycles. The molecule has 1 aromatic carbocycles. The van der Waals surface area contributed by atoms with Crippen molar-refractivity contribution in [3.63, 3.8) is 0 Å². The van der Waals surface area contributed by atoms with Gasteiger partial charge >= 0.3 is 5.97 Å². The number of nitrogens with zero attached hydrogens (tertiary/aromatic N) is 4. The SMILES string of the molecule is COC(=O)CC1c2cc(OC)c(OC)cc2CCN1Cc1csc(-c2ncccn2)n1. The van der Waals surface area contributed by atoms with E-state index in [0.717, 1.165) is 34.8 Å². The molecule has 0 saturated heterocycles. The number of aromatic nitrogens is 3. The van der Waals surface area contributed by atoms with E-state index in [1.165, 1.54) is 18.4 Å². The van der Waals surface area contributed by atoms with Gasteiger partial charge in [-0.25, -0.2) is 15.0 Å². The van der Waals surface area contributed by atoms with E-state index < -0.39 is 0 Å². The van der Waals surface area contributed by atoms with E-state index in [1.807, 2.05) is 17.5 Å². The Bertz CT molecular complexity index is 1060. The molecule has 4 rings (SSSR count). The van der Waals surface area contributed by atoms with Gasteiger partial charge in [-0.2, -0.15) is 0 Å². The minimum atomic E-state index is -0.255. The maximum atomic E-state index is 12.2. The zero-order valence-electron chi connectivity index (χ0n) is 17.7. The van der Waals surface area contributed by atoms with Crippen molar-refractivity contribution in [2.24, 2.45) is 0 Å². The van der Waals surface area contributed by atoms with Gasteiger partial charge in [-0.15, -0.1) is 11.3 Å². The number of rotatable bonds is 7. The van der Waals surface area contributed by atoms with Crippen molar-refractivity contribution in [3.8, 4) is 22.3 Å². The van der Waals surface area contributed by atoms with E-state index in [0.29, 0.717) is 23.9 Å². The van der Waals surface area contributed by atoms with E-state index >= 15 is 0 Å². The molecule has 0 fully saturated rings. The van der Waals surface area contributed by atoms with Crippen molar-refractivity contribution in [1.82, 2.24) is 19.9 Å². The molecule has 0 saturated carbocycles. The Morgan fingerprint density at radius 3 is 2.61 bits per heavy atom. The highest BCUT2D eigenvalue weighted by atomic mass is 32.1. The van der Waals surface area contributed by atoms with Gasteiger partial charge < -0.3 is 14.2 Å². The van der Waals surface area contributed by atoms with Gasteiger partial charge in [0.15, 0.2) is 22.3 Å². The fourth-order valence-electron chi connectivity index (χ4n) is 3.85. The lowest BCUT2D eigenvalue weighted by Crippen LogP contribution is -2.36. The Labute approximate surface area is 184 Å². The molecular formula is C22H24N4O4S. The third-order valence-electron chi connectivity index (χ3n) is 5.38. The van der Waals surface area contributed by atoms with Gasteiger partial charge in [-0.3, -0.25) is 9.69 Å². The molecule has 0 spiro atoms. The molecule has 31 heavy (non-hydrogen) atoms. The fraction of sp³-hybridized carbons (Fsp3) is 0.364. The normalized spacial score (nSPS) is 15.9. The van der Waals surface area contributed by atoms with Crippen LogP contribution in [0.15, 0.2) is 36.0 Å². The van der Waals surface area contributed by atoms with Crippen molar-refractivity contribution in [2.75, 3.05) is 27.9 Å². The van der Waals surface area contributed by atoms with Gasteiger partial charge in [0.2, 0.25) is 0 Å². The van der Waals surface area contributed by atoms with Crippen LogP contribution in [0.5, 0.6) is 11.5 Å². The summed E-state index contributed by atoms with van der Waals surface area (Å²) in [5.41, 5.74) is 3.13. The third-order valence-corrected chi connectivity index (χ3v) is 6.26. The van der Waals surface area contributed by atoms with E-state index in [2.05, 4.69) is 14.9 Å². The number of methoxy groups -OCH3 is 3. The van der Waals surface area contributed by atoms with Crippen LogP contribution in [0.4, 0.5) is 0 Å². The number of fused-ring (bicyclic) bond motifs is 1. The highest BCUT2D eigenvalue weighted by molar-refractivity contribution is 7.13. The second-order valence-electron chi connectivity index (χ2n) is 7.14. The van der Waals surface area contributed by atoms with Crippen LogP contribution in [-0.2, 0) is 22.5 Å². The number of thiazole rings is 1. The fourth-order valence-corrected chi connectivity index (χ4v) is 4.61. The summed E-state index contributed by atoms with van der Waals surface area (Å²) in [5, 5.41) is 2.80. The molecule has 1 unspecified atom stereocenters. The average Bonchev–Trinajstić information content (AvgIpc) is 3.28. The molecule has 1 atom stereocenters. The van der Waals surface area contributed by atoms with Crippen molar-refractivity contribution < 1.29 is 19.0 Å². The van der Waals surface area contributed by atoms with E-state index in [4.69, 9.17) is 19.2 Å². The van der Waals surface area contributed by atoms with Gasteiger partial charge in [-0.1, -0.05) is 0 Å². The second-order valence-corrected chi connectivity index (χ2v) is 8.00. The Balaban J connectivity index is 1.63. The van der Waals surface area contributed by atoms with Gasteiger partial charge in [0.1, 0.15) is 0 Å². The second kappa shape index (κ2) is 9.40. The molecule has 0 radical (unpaired) electrons. The Hall–Kier alpha value is -3.04. The number of hydrogen-bond acceptors (Lipinski definition) is 9. The summed E-state index contributed by atoms with van der Waals surface area (Å²) in [7, 11) is 4.65. The Kier molecular flexibility index (Phi) is 6.43. The van der Waals surface area contributed by atoms with E-state index in [-0.39, 0.29) is 18.4 Å². The zero-order valence-corrected chi connectivity index (χ0v) is 18.5. The van der Waals surface area contributed by atoms with Crippen LogP contribution in [-0.4, -0.2) is 53.7 Å². The third kappa shape index (κ3) is 4.52. The predicted molar refractivity (Wildman–Crippen MR) is 116 cm³/mol. The van der Waals surface area contributed by atoms with Crippen LogP contribution in [0.25, 0.3) is 10.8 Å². The first-order valence-electron chi connectivity index (χ1n) is 9.90. The number of ether oxygens (including phenoxy) is 3. The molecule has 2 aromatic heterocycles. The molecule has 0 bridgehead atoms. The molecule has 3 heterocycles. The largest absolute Gasteiger partial charge is 0.493 e. The molecule has 3 aromatic rings. The van der Waals surface area contributed by atoms with Crippen LogP contribution in [0.1, 0.15) is 29.3 Å². The molecule has 162 valence electrons. The minimum Gasteiger partial charge on any atom is -0.493 e. The summed E-state index contributed by atoms with van der Waals surface area (Å²) in [6.45, 7) is 1.40. The summed E-state index contributed by atoms with van der Waals surface area (Å²) < 4.78 is 15.9. The average molecular weight is 441 g/mol. The summed E-state index contributed by atoms with van der Waals surface area (Å²) in [6.07, 6.45) is 4.50. The number of esters is 1. The molecule has 0 amide bonds. The van der Waals surface area contributed by atoms with Crippen LogP contribution < -0.4 is 9.47 Å². The number of hydrogen-bond donors (Lipinski definition) is 0.